The molecule has 2 aromatic rings. The van der Waals surface area contributed by atoms with E-state index in [-0.39, 0.29) is 34.7 Å². The molecule has 2 aliphatic heterocycles. The van der Waals surface area contributed by atoms with Gasteiger partial charge in [0, 0.05) is 56.4 Å². The van der Waals surface area contributed by atoms with Gasteiger partial charge in [0.1, 0.15) is 0 Å². The van der Waals surface area contributed by atoms with Crippen LogP contribution < -0.4 is 5.32 Å². The van der Waals surface area contributed by atoms with Gasteiger partial charge < -0.3 is 5.32 Å². The number of carbonyl (C=O) groups is 1. The molecule has 0 bridgehead atoms. The Kier molecular flexibility index (Phi) is 7.08. The minimum absolute atomic E-state index is 0. The molecule has 0 aromatic heterocycles. The molecule has 2 fully saturated rings. The van der Waals surface area contributed by atoms with Crippen molar-refractivity contribution in [1.82, 2.24) is 14.5 Å². The third kappa shape index (κ3) is 4.54. The molecule has 0 saturated carbocycles. The molecule has 1 atom stereocenters. The number of ketones is 1. The SMILES string of the molecule is Cl.O=C(c1ccccc1)c1ccccc1S(=O)(=O)N1CCC(N2CCNCC2)C1. The number of rotatable bonds is 5. The number of carbonyl (C=O) groups excluding carboxylic acids is 1. The van der Waals surface area contributed by atoms with Crippen LogP contribution in [0.5, 0.6) is 0 Å². The summed E-state index contributed by atoms with van der Waals surface area (Å²) in [7, 11) is -3.72. The van der Waals surface area contributed by atoms with Crippen molar-refractivity contribution in [3.8, 4) is 0 Å². The quantitative estimate of drug-likeness (QED) is 0.727. The predicted octanol–water partition coefficient (Wildman–Crippen LogP) is 2.01. The molecule has 2 aromatic carbocycles. The lowest BCUT2D eigenvalue weighted by Crippen LogP contribution is -2.49. The Labute approximate surface area is 178 Å². The van der Waals surface area contributed by atoms with Gasteiger partial charge in [-0.05, 0) is 18.6 Å². The molecule has 6 nitrogen and oxygen atoms in total. The molecule has 0 spiro atoms. The topological polar surface area (TPSA) is 69.7 Å². The normalized spacial score (nSPS) is 20.9. The number of nitrogens with zero attached hydrogens (tertiary/aromatic N) is 2. The number of benzene rings is 2. The number of hydrogen-bond donors (Lipinski definition) is 1. The van der Waals surface area contributed by atoms with Gasteiger partial charge in [-0.2, -0.15) is 4.31 Å². The zero-order valence-corrected chi connectivity index (χ0v) is 17.8. The summed E-state index contributed by atoms with van der Waals surface area (Å²) in [6.07, 6.45) is 0.827. The van der Waals surface area contributed by atoms with Crippen LogP contribution in [-0.2, 0) is 10.0 Å². The molecule has 156 valence electrons. The second-order valence-corrected chi connectivity index (χ2v) is 9.19. The number of halogens is 1. The van der Waals surface area contributed by atoms with E-state index in [4.69, 9.17) is 0 Å². The fourth-order valence-electron chi connectivity index (χ4n) is 4.04. The standard InChI is InChI=1S/C21H25N3O3S.ClH/c25-21(17-6-2-1-3-7-17)19-8-4-5-9-20(19)28(26,27)24-13-10-18(16-24)23-14-11-22-12-15-23;/h1-9,18,22H,10-16H2;1H. The maximum atomic E-state index is 13.4. The van der Waals surface area contributed by atoms with Gasteiger partial charge in [0.2, 0.25) is 10.0 Å². The van der Waals surface area contributed by atoms with E-state index in [1.165, 1.54) is 4.31 Å². The van der Waals surface area contributed by atoms with E-state index in [2.05, 4.69) is 10.2 Å². The summed E-state index contributed by atoms with van der Waals surface area (Å²) in [4.78, 5) is 15.4. The summed E-state index contributed by atoms with van der Waals surface area (Å²) in [5, 5.41) is 3.33. The van der Waals surface area contributed by atoms with Crippen molar-refractivity contribution in [3.05, 3.63) is 65.7 Å². The maximum Gasteiger partial charge on any atom is 0.243 e. The molecule has 1 unspecified atom stereocenters. The summed E-state index contributed by atoms with van der Waals surface area (Å²) in [5.41, 5.74) is 0.726. The predicted molar refractivity (Wildman–Crippen MR) is 115 cm³/mol. The Morgan fingerprint density at radius 3 is 2.31 bits per heavy atom. The number of sulfonamides is 1. The van der Waals surface area contributed by atoms with E-state index in [0.29, 0.717) is 18.7 Å². The van der Waals surface area contributed by atoms with Crippen molar-refractivity contribution in [2.75, 3.05) is 39.3 Å². The van der Waals surface area contributed by atoms with Gasteiger partial charge >= 0.3 is 0 Å². The second kappa shape index (κ2) is 9.36. The van der Waals surface area contributed by atoms with E-state index in [0.717, 1.165) is 32.6 Å². The van der Waals surface area contributed by atoms with Crippen LogP contribution in [0.2, 0.25) is 0 Å². The van der Waals surface area contributed by atoms with Crippen LogP contribution >= 0.6 is 12.4 Å². The zero-order chi connectivity index (χ0) is 19.6. The summed E-state index contributed by atoms with van der Waals surface area (Å²) in [6, 6.07) is 15.6. The van der Waals surface area contributed by atoms with Crippen molar-refractivity contribution < 1.29 is 13.2 Å². The molecule has 2 saturated heterocycles. The summed E-state index contributed by atoms with van der Waals surface area (Å²) < 4.78 is 28.3. The van der Waals surface area contributed by atoms with Crippen LogP contribution in [0, 0.1) is 0 Å². The summed E-state index contributed by atoms with van der Waals surface area (Å²) in [6.45, 7) is 4.75. The summed E-state index contributed by atoms with van der Waals surface area (Å²) in [5.74, 6) is -0.266. The second-order valence-electron chi connectivity index (χ2n) is 7.28. The van der Waals surface area contributed by atoms with Crippen LogP contribution in [0.1, 0.15) is 22.3 Å². The third-order valence-corrected chi connectivity index (χ3v) is 7.50. The van der Waals surface area contributed by atoms with E-state index in [1.54, 1.807) is 48.5 Å². The molecule has 0 amide bonds. The highest BCUT2D eigenvalue weighted by atomic mass is 35.5. The lowest BCUT2D eigenvalue weighted by Gasteiger charge is -2.32. The van der Waals surface area contributed by atoms with Gasteiger partial charge in [-0.15, -0.1) is 12.4 Å². The molecule has 8 heteroatoms. The Morgan fingerprint density at radius 1 is 0.931 bits per heavy atom. The van der Waals surface area contributed by atoms with Gasteiger partial charge in [-0.1, -0.05) is 42.5 Å². The highest BCUT2D eigenvalue weighted by molar-refractivity contribution is 7.89. The van der Waals surface area contributed by atoms with Crippen LogP contribution in [0.15, 0.2) is 59.5 Å². The third-order valence-electron chi connectivity index (χ3n) is 5.58. The molecule has 0 radical (unpaired) electrons. The van der Waals surface area contributed by atoms with E-state index in [9.17, 15) is 13.2 Å². The van der Waals surface area contributed by atoms with Crippen molar-refractivity contribution in [3.63, 3.8) is 0 Å². The van der Waals surface area contributed by atoms with Gasteiger partial charge in [0.05, 0.1) is 4.90 Å². The van der Waals surface area contributed by atoms with Gasteiger partial charge in [0.25, 0.3) is 0 Å². The average Bonchev–Trinajstić information content (AvgIpc) is 3.26. The lowest BCUT2D eigenvalue weighted by atomic mass is 10.0. The monoisotopic (exact) mass is 435 g/mol. The molecule has 2 aliphatic rings. The van der Waals surface area contributed by atoms with Crippen molar-refractivity contribution >= 4 is 28.2 Å². The fourth-order valence-corrected chi connectivity index (χ4v) is 5.72. The van der Waals surface area contributed by atoms with Crippen LogP contribution in [-0.4, -0.2) is 68.7 Å². The molecular formula is C21H26ClN3O3S. The van der Waals surface area contributed by atoms with E-state index < -0.39 is 10.0 Å². The van der Waals surface area contributed by atoms with E-state index in [1.807, 2.05) is 6.07 Å². The minimum Gasteiger partial charge on any atom is -0.314 e. The summed E-state index contributed by atoms with van der Waals surface area (Å²) >= 11 is 0. The first-order valence-corrected chi connectivity index (χ1v) is 11.1. The highest BCUT2D eigenvalue weighted by Crippen LogP contribution is 2.27. The zero-order valence-electron chi connectivity index (χ0n) is 16.2. The van der Waals surface area contributed by atoms with Crippen molar-refractivity contribution in [1.29, 1.82) is 0 Å². The largest absolute Gasteiger partial charge is 0.314 e. The van der Waals surface area contributed by atoms with Crippen LogP contribution in [0.25, 0.3) is 0 Å². The first-order valence-electron chi connectivity index (χ1n) is 9.71. The minimum atomic E-state index is -3.72. The van der Waals surface area contributed by atoms with Gasteiger partial charge in [-0.3, -0.25) is 9.69 Å². The lowest BCUT2D eigenvalue weighted by molar-refractivity contribution is 0.103. The Balaban J connectivity index is 0.00000240. The molecule has 4 rings (SSSR count). The maximum absolute atomic E-state index is 13.4. The Bertz CT molecular complexity index is 947. The van der Waals surface area contributed by atoms with Gasteiger partial charge in [-0.25, -0.2) is 8.42 Å². The van der Waals surface area contributed by atoms with Crippen LogP contribution in [0.4, 0.5) is 0 Å². The molecule has 1 N–H and O–H groups in total. The number of piperazine rings is 1. The Morgan fingerprint density at radius 2 is 1.59 bits per heavy atom. The first kappa shape index (κ1) is 21.9. The number of nitrogens with one attached hydrogen (secondary N) is 1. The smallest absolute Gasteiger partial charge is 0.243 e. The average molecular weight is 436 g/mol. The van der Waals surface area contributed by atoms with E-state index >= 15 is 0 Å². The van der Waals surface area contributed by atoms with Crippen LogP contribution in [0.3, 0.4) is 0 Å². The molecular weight excluding hydrogens is 410 g/mol. The van der Waals surface area contributed by atoms with Crippen molar-refractivity contribution in [2.45, 2.75) is 17.4 Å². The van der Waals surface area contributed by atoms with Crippen molar-refractivity contribution in [2.24, 2.45) is 0 Å². The molecule has 2 heterocycles. The molecule has 0 aliphatic carbocycles. The molecule has 29 heavy (non-hydrogen) atoms. The Hall–Kier alpha value is -1.77. The first-order chi connectivity index (χ1) is 13.6. The highest BCUT2D eigenvalue weighted by Gasteiger charge is 2.37. The fraction of sp³-hybridized carbons (Fsp3) is 0.381. The number of hydrogen-bond acceptors (Lipinski definition) is 5. The van der Waals surface area contributed by atoms with Gasteiger partial charge in [0.15, 0.2) is 5.78 Å².